The number of nitriles is 1. The van der Waals surface area contributed by atoms with Crippen molar-refractivity contribution < 1.29 is 13.2 Å². The molecule has 0 bridgehead atoms. The molecule has 0 spiro atoms. The first-order chi connectivity index (χ1) is 11.8. The van der Waals surface area contributed by atoms with Gasteiger partial charge in [0.15, 0.2) is 11.5 Å². The highest BCUT2D eigenvalue weighted by Gasteiger charge is 2.32. The van der Waals surface area contributed by atoms with Crippen LogP contribution in [0.4, 0.5) is 13.2 Å². The molecular formula is C16H7Cl2F3N4. The van der Waals surface area contributed by atoms with Gasteiger partial charge in [-0.2, -0.15) is 23.5 Å². The second kappa shape index (κ2) is 6.39. The van der Waals surface area contributed by atoms with Gasteiger partial charge in [0.05, 0.1) is 11.3 Å². The van der Waals surface area contributed by atoms with E-state index in [0.29, 0.717) is 11.6 Å². The average molecular weight is 383 g/mol. The van der Waals surface area contributed by atoms with Gasteiger partial charge in [0.25, 0.3) is 0 Å². The van der Waals surface area contributed by atoms with E-state index in [9.17, 15) is 13.2 Å². The van der Waals surface area contributed by atoms with Gasteiger partial charge < -0.3 is 0 Å². The van der Waals surface area contributed by atoms with Crippen molar-refractivity contribution in [2.45, 2.75) is 6.18 Å². The zero-order valence-corrected chi connectivity index (χ0v) is 13.7. The zero-order chi connectivity index (χ0) is 18.2. The number of aromatic nitrogens is 3. The van der Waals surface area contributed by atoms with Gasteiger partial charge in [0.2, 0.25) is 0 Å². The topological polar surface area (TPSA) is 54.5 Å². The number of hydrogen-bond donors (Lipinski definition) is 0. The van der Waals surface area contributed by atoms with Gasteiger partial charge in [0.1, 0.15) is 16.2 Å². The van der Waals surface area contributed by atoms with Gasteiger partial charge in [-0.05, 0) is 12.1 Å². The molecule has 0 amide bonds. The standard InChI is InChI=1S/C16H7Cl2F3N4/c17-12-6-10(16(19,20)21)7-13(23-12)25-15(9-4-2-1-3-5-9)14(18)11(8-22)24-25/h1-7H. The highest BCUT2D eigenvalue weighted by Crippen LogP contribution is 2.35. The molecule has 4 nitrogen and oxygen atoms in total. The summed E-state index contributed by atoms with van der Waals surface area (Å²) < 4.78 is 40.2. The molecule has 1 aromatic carbocycles. The molecular weight excluding hydrogens is 376 g/mol. The van der Waals surface area contributed by atoms with Gasteiger partial charge >= 0.3 is 6.18 Å². The van der Waals surface area contributed by atoms with E-state index in [1.165, 1.54) is 0 Å². The first-order valence-corrected chi connectivity index (χ1v) is 7.56. The van der Waals surface area contributed by atoms with Crippen molar-refractivity contribution in [3.63, 3.8) is 0 Å². The summed E-state index contributed by atoms with van der Waals surface area (Å²) in [6, 6.07) is 11.9. The Bertz CT molecular complexity index is 976. The predicted octanol–water partition coefficient (Wildman–Crippen LogP) is 5.13. The fourth-order valence-electron chi connectivity index (χ4n) is 2.24. The smallest absolute Gasteiger partial charge is 0.217 e. The summed E-state index contributed by atoms with van der Waals surface area (Å²) in [4.78, 5) is 3.89. The molecule has 126 valence electrons. The summed E-state index contributed by atoms with van der Waals surface area (Å²) in [6.45, 7) is 0. The Hall–Kier alpha value is -2.56. The maximum absolute atomic E-state index is 13.0. The van der Waals surface area contributed by atoms with Crippen LogP contribution in [-0.2, 0) is 6.18 Å². The van der Waals surface area contributed by atoms with Crippen LogP contribution in [0.1, 0.15) is 11.3 Å². The third kappa shape index (κ3) is 3.31. The minimum atomic E-state index is -4.61. The molecule has 2 heterocycles. The van der Waals surface area contributed by atoms with Gasteiger partial charge in [-0.25, -0.2) is 9.67 Å². The van der Waals surface area contributed by atoms with Crippen LogP contribution < -0.4 is 0 Å². The van der Waals surface area contributed by atoms with E-state index in [1.807, 2.05) is 6.07 Å². The number of pyridine rings is 1. The van der Waals surface area contributed by atoms with Crippen molar-refractivity contribution in [3.8, 4) is 23.1 Å². The van der Waals surface area contributed by atoms with E-state index in [1.54, 1.807) is 30.3 Å². The van der Waals surface area contributed by atoms with Crippen LogP contribution in [0.15, 0.2) is 42.5 Å². The Kier molecular flexibility index (Phi) is 4.41. The molecule has 0 N–H and O–H groups in total. The van der Waals surface area contributed by atoms with Crippen LogP contribution in [-0.4, -0.2) is 14.8 Å². The molecule has 9 heteroatoms. The number of rotatable bonds is 2. The molecule has 0 radical (unpaired) electrons. The molecule has 0 unspecified atom stereocenters. The van der Waals surface area contributed by atoms with Crippen molar-refractivity contribution in [2.75, 3.05) is 0 Å². The molecule has 0 aliphatic heterocycles. The minimum absolute atomic E-state index is 0.0176. The normalized spacial score (nSPS) is 11.4. The number of nitrogens with zero attached hydrogens (tertiary/aromatic N) is 4. The Morgan fingerprint density at radius 2 is 1.76 bits per heavy atom. The summed E-state index contributed by atoms with van der Waals surface area (Å²) in [6.07, 6.45) is -4.61. The van der Waals surface area contributed by atoms with Crippen LogP contribution in [0.3, 0.4) is 0 Å². The Morgan fingerprint density at radius 3 is 2.36 bits per heavy atom. The summed E-state index contributed by atoms with van der Waals surface area (Å²) >= 11 is 11.9. The molecule has 0 aliphatic rings. The molecule has 0 aliphatic carbocycles. The highest BCUT2D eigenvalue weighted by molar-refractivity contribution is 6.34. The lowest BCUT2D eigenvalue weighted by molar-refractivity contribution is -0.137. The van der Waals surface area contributed by atoms with Crippen molar-refractivity contribution in [3.05, 3.63) is 63.9 Å². The second-order valence-corrected chi connectivity index (χ2v) is 5.70. The maximum atomic E-state index is 13.0. The molecule has 2 aromatic heterocycles. The molecule has 0 atom stereocenters. The quantitative estimate of drug-likeness (QED) is 0.577. The van der Waals surface area contributed by atoms with Gasteiger partial charge in [0, 0.05) is 5.56 Å². The lowest BCUT2D eigenvalue weighted by Crippen LogP contribution is -2.09. The Balaban J connectivity index is 2.29. The fraction of sp³-hybridized carbons (Fsp3) is 0.0625. The van der Waals surface area contributed by atoms with Crippen LogP contribution >= 0.6 is 23.2 Å². The van der Waals surface area contributed by atoms with Crippen molar-refractivity contribution in [1.29, 1.82) is 5.26 Å². The van der Waals surface area contributed by atoms with Gasteiger partial charge in [-0.3, -0.25) is 0 Å². The first-order valence-electron chi connectivity index (χ1n) is 6.80. The van der Waals surface area contributed by atoms with E-state index < -0.39 is 11.7 Å². The van der Waals surface area contributed by atoms with Crippen LogP contribution in [0.5, 0.6) is 0 Å². The SMILES string of the molecule is N#Cc1nn(-c2cc(C(F)(F)F)cc(Cl)n2)c(-c2ccccc2)c1Cl. The van der Waals surface area contributed by atoms with Crippen LogP contribution in [0.25, 0.3) is 17.1 Å². The fourth-order valence-corrected chi connectivity index (χ4v) is 2.71. The van der Waals surface area contributed by atoms with Crippen LogP contribution in [0, 0.1) is 11.3 Å². The van der Waals surface area contributed by atoms with E-state index in [0.717, 1.165) is 10.7 Å². The Labute approximate surface area is 150 Å². The third-order valence-electron chi connectivity index (χ3n) is 3.31. The monoisotopic (exact) mass is 382 g/mol. The first kappa shape index (κ1) is 17.3. The summed E-state index contributed by atoms with van der Waals surface area (Å²) in [7, 11) is 0. The number of hydrogen-bond acceptors (Lipinski definition) is 3. The zero-order valence-electron chi connectivity index (χ0n) is 12.2. The molecule has 3 aromatic rings. The molecule has 3 rings (SSSR count). The molecule has 0 fully saturated rings. The molecule has 0 saturated carbocycles. The van der Waals surface area contributed by atoms with Crippen molar-refractivity contribution in [2.24, 2.45) is 0 Å². The largest absolute Gasteiger partial charge is 0.416 e. The molecule has 0 saturated heterocycles. The van der Waals surface area contributed by atoms with E-state index in [4.69, 9.17) is 28.5 Å². The Morgan fingerprint density at radius 1 is 1.08 bits per heavy atom. The number of alkyl halides is 3. The summed E-state index contributed by atoms with van der Waals surface area (Å²) in [5.74, 6) is -0.193. The predicted molar refractivity (Wildman–Crippen MR) is 86.5 cm³/mol. The molecule has 25 heavy (non-hydrogen) atoms. The summed E-state index contributed by atoms with van der Waals surface area (Å²) in [5.41, 5.74) is -0.291. The lowest BCUT2D eigenvalue weighted by Gasteiger charge is -2.11. The lowest BCUT2D eigenvalue weighted by atomic mass is 10.1. The van der Waals surface area contributed by atoms with Gasteiger partial charge in [-0.1, -0.05) is 53.5 Å². The van der Waals surface area contributed by atoms with E-state index in [-0.39, 0.29) is 27.4 Å². The minimum Gasteiger partial charge on any atom is -0.217 e. The van der Waals surface area contributed by atoms with Crippen molar-refractivity contribution in [1.82, 2.24) is 14.8 Å². The maximum Gasteiger partial charge on any atom is 0.416 e. The second-order valence-electron chi connectivity index (χ2n) is 4.94. The highest BCUT2D eigenvalue weighted by atomic mass is 35.5. The van der Waals surface area contributed by atoms with Crippen molar-refractivity contribution >= 4 is 23.2 Å². The van der Waals surface area contributed by atoms with Crippen LogP contribution in [0.2, 0.25) is 10.2 Å². The van der Waals surface area contributed by atoms with E-state index in [2.05, 4.69) is 10.1 Å². The average Bonchev–Trinajstić information content (AvgIpc) is 2.91. The summed E-state index contributed by atoms with van der Waals surface area (Å²) in [5, 5.41) is 12.8. The van der Waals surface area contributed by atoms with Gasteiger partial charge in [-0.15, -0.1) is 0 Å². The number of halogens is 5. The van der Waals surface area contributed by atoms with E-state index >= 15 is 0 Å². The third-order valence-corrected chi connectivity index (χ3v) is 3.86. The number of benzene rings is 1.